The molecule has 0 N–H and O–H groups in total. The van der Waals surface area contributed by atoms with Gasteiger partial charge < -0.3 is 0 Å². The molecular weight excluding hydrogens is 298 g/mol. The highest BCUT2D eigenvalue weighted by molar-refractivity contribution is 9.09. The summed E-state index contributed by atoms with van der Waals surface area (Å²) in [6, 6.07) is 4.56. The summed E-state index contributed by atoms with van der Waals surface area (Å²) in [5.74, 6) is -0.239. The van der Waals surface area contributed by atoms with Gasteiger partial charge in [0.25, 0.3) is 6.43 Å². The molecule has 0 unspecified atom stereocenters. The van der Waals surface area contributed by atoms with E-state index >= 15 is 0 Å². The van der Waals surface area contributed by atoms with E-state index in [2.05, 4.69) is 15.9 Å². The molecule has 1 rings (SSSR count). The first kappa shape index (κ1) is 13.6. The second kappa shape index (κ2) is 6.35. The fourth-order valence-electron chi connectivity index (χ4n) is 1.41. The number of hydrogen-bond donors (Lipinski definition) is 0. The second-order valence-electron chi connectivity index (χ2n) is 3.09. The zero-order chi connectivity index (χ0) is 12.1. The van der Waals surface area contributed by atoms with Gasteiger partial charge in [0, 0.05) is 27.8 Å². The van der Waals surface area contributed by atoms with E-state index in [-0.39, 0.29) is 23.3 Å². The molecule has 0 aliphatic heterocycles. The van der Waals surface area contributed by atoms with Gasteiger partial charge in [-0.25, -0.2) is 8.78 Å². The molecule has 1 nitrogen and oxygen atoms in total. The van der Waals surface area contributed by atoms with Crippen molar-refractivity contribution >= 4 is 33.5 Å². The molecule has 0 saturated carbocycles. The number of halogens is 3. The monoisotopic (exact) mass is 308 g/mol. The van der Waals surface area contributed by atoms with Crippen LogP contribution in [0.1, 0.15) is 28.8 Å². The maximum Gasteiger partial charge on any atom is 0.264 e. The third kappa shape index (κ3) is 3.04. The van der Waals surface area contributed by atoms with E-state index in [1.807, 2.05) is 0 Å². The summed E-state index contributed by atoms with van der Waals surface area (Å²) >= 11 is 4.45. The van der Waals surface area contributed by atoms with Crippen molar-refractivity contribution in [1.29, 1.82) is 0 Å². The van der Waals surface area contributed by atoms with Gasteiger partial charge in [0.05, 0.1) is 0 Å². The first-order valence-corrected chi connectivity index (χ1v) is 7.00. The van der Waals surface area contributed by atoms with Gasteiger partial charge in [0.15, 0.2) is 5.78 Å². The van der Waals surface area contributed by atoms with E-state index in [0.29, 0.717) is 10.2 Å². The van der Waals surface area contributed by atoms with E-state index in [4.69, 9.17) is 0 Å². The number of carbonyl (C=O) groups excluding carboxylic acids is 1. The van der Waals surface area contributed by atoms with E-state index in [9.17, 15) is 13.6 Å². The van der Waals surface area contributed by atoms with Crippen LogP contribution in [0.3, 0.4) is 0 Å². The molecule has 0 fully saturated rings. The molecule has 0 aromatic heterocycles. The van der Waals surface area contributed by atoms with Gasteiger partial charge >= 0.3 is 0 Å². The number of alkyl halides is 3. The van der Waals surface area contributed by atoms with Crippen LogP contribution >= 0.6 is 27.7 Å². The minimum Gasteiger partial charge on any atom is -0.294 e. The van der Waals surface area contributed by atoms with Crippen LogP contribution in [0.15, 0.2) is 23.1 Å². The standard InChI is InChI=1S/C11H11BrF2OS/c1-16-9-4-2-3-7(11(13)14)10(9)8(15)5-6-12/h2-4,11H,5-6H2,1H3. The number of benzene rings is 1. The van der Waals surface area contributed by atoms with E-state index in [1.54, 1.807) is 18.4 Å². The Labute approximate surface area is 106 Å². The minimum absolute atomic E-state index is 0.169. The molecule has 1 aromatic rings. The highest BCUT2D eigenvalue weighted by Crippen LogP contribution is 2.31. The van der Waals surface area contributed by atoms with E-state index < -0.39 is 6.43 Å². The van der Waals surface area contributed by atoms with Gasteiger partial charge in [-0.3, -0.25) is 4.79 Å². The Morgan fingerprint density at radius 1 is 1.50 bits per heavy atom. The molecule has 0 heterocycles. The summed E-state index contributed by atoms with van der Waals surface area (Å²) in [5.41, 5.74) is 0.00208. The lowest BCUT2D eigenvalue weighted by Gasteiger charge is -2.11. The van der Waals surface area contributed by atoms with Crippen molar-refractivity contribution in [3.63, 3.8) is 0 Å². The predicted molar refractivity (Wildman–Crippen MR) is 65.9 cm³/mol. The average Bonchev–Trinajstić information content (AvgIpc) is 2.28. The maximum atomic E-state index is 12.8. The van der Waals surface area contributed by atoms with Crippen molar-refractivity contribution in [3.05, 3.63) is 29.3 Å². The Morgan fingerprint density at radius 2 is 2.19 bits per heavy atom. The first-order chi connectivity index (χ1) is 7.61. The Hall–Kier alpha value is -0.420. The van der Waals surface area contributed by atoms with Crippen LogP contribution in [-0.4, -0.2) is 17.4 Å². The number of hydrogen-bond acceptors (Lipinski definition) is 2. The molecule has 0 radical (unpaired) electrons. The van der Waals surface area contributed by atoms with Crippen LogP contribution < -0.4 is 0 Å². The van der Waals surface area contributed by atoms with Crippen LogP contribution in [0, 0.1) is 0 Å². The van der Waals surface area contributed by atoms with Crippen LogP contribution in [0.5, 0.6) is 0 Å². The van der Waals surface area contributed by atoms with Gasteiger partial charge in [-0.2, -0.15) is 0 Å². The molecule has 0 saturated heterocycles. The normalized spacial score (nSPS) is 10.8. The number of Topliss-reactive ketones (excluding diaryl/α,β-unsaturated/α-hetero) is 1. The summed E-state index contributed by atoms with van der Waals surface area (Å²) < 4.78 is 25.5. The SMILES string of the molecule is CSc1cccc(C(F)F)c1C(=O)CCBr. The lowest BCUT2D eigenvalue weighted by Crippen LogP contribution is -2.06. The molecule has 0 atom stereocenters. The van der Waals surface area contributed by atoms with Crippen LogP contribution in [0.2, 0.25) is 0 Å². The number of rotatable bonds is 5. The number of ketones is 1. The number of carbonyl (C=O) groups is 1. The van der Waals surface area contributed by atoms with Crippen molar-refractivity contribution < 1.29 is 13.6 Å². The number of thioether (sulfide) groups is 1. The molecule has 16 heavy (non-hydrogen) atoms. The summed E-state index contributed by atoms with van der Waals surface area (Å²) in [7, 11) is 0. The van der Waals surface area contributed by atoms with Crippen molar-refractivity contribution in [2.45, 2.75) is 17.7 Å². The molecule has 88 valence electrons. The topological polar surface area (TPSA) is 17.1 Å². The van der Waals surface area contributed by atoms with Crippen LogP contribution in [0.25, 0.3) is 0 Å². The van der Waals surface area contributed by atoms with Crippen molar-refractivity contribution in [2.75, 3.05) is 11.6 Å². The molecule has 0 aliphatic rings. The maximum absolute atomic E-state index is 12.8. The fourth-order valence-corrected chi connectivity index (χ4v) is 2.42. The predicted octanol–water partition coefficient (Wildman–Crippen LogP) is 4.31. The molecular formula is C11H11BrF2OS. The summed E-state index contributed by atoms with van der Waals surface area (Å²) in [6.07, 6.45) is -0.603. The van der Waals surface area contributed by atoms with Crippen LogP contribution in [0.4, 0.5) is 8.78 Å². The quantitative estimate of drug-likeness (QED) is 0.458. The fraction of sp³-hybridized carbons (Fsp3) is 0.364. The van der Waals surface area contributed by atoms with Crippen molar-refractivity contribution in [3.8, 4) is 0 Å². The largest absolute Gasteiger partial charge is 0.294 e. The van der Waals surface area contributed by atoms with Crippen LogP contribution in [-0.2, 0) is 0 Å². The molecule has 5 heteroatoms. The molecule has 1 aromatic carbocycles. The Morgan fingerprint density at radius 3 is 2.69 bits per heavy atom. The summed E-state index contributed by atoms with van der Waals surface area (Å²) in [5, 5.41) is 0.483. The molecule has 0 bridgehead atoms. The lowest BCUT2D eigenvalue weighted by molar-refractivity contribution is 0.0972. The summed E-state index contributed by atoms with van der Waals surface area (Å²) in [4.78, 5) is 12.4. The average molecular weight is 309 g/mol. The Bertz CT molecular complexity index is 382. The van der Waals surface area contributed by atoms with E-state index in [1.165, 1.54) is 17.8 Å². The Kier molecular flexibility index (Phi) is 5.41. The zero-order valence-corrected chi connectivity index (χ0v) is 11.1. The third-order valence-electron chi connectivity index (χ3n) is 2.11. The zero-order valence-electron chi connectivity index (χ0n) is 8.67. The smallest absolute Gasteiger partial charge is 0.264 e. The second-order valence-corrected chi connectivity index (χ2v) is 4.73. The van der Waals surface area contributed by atoms with Crippen molar-refractivity contribution in [2.24, 2.45) is 0 Å². The molecule has 0 aliphatic carbocycles. The van der Waals surface area contributed by atoms with Gasteiger partial charge in [-0.15, -0.1) is 11.8 Å². The highest BCUT2D eigenvalue weighted by Gasteiger charge is 2.20. The van der Waals surface area contributed by atoms with Gasteiger partial charge in [-0.1, -0.05) is 28.1 Å². The van der Waals surface area contributed by atoms with E-state index in [0.717, 1.165) is 0 Å². The van der Waals surface area contributed by atoms with Crippen molar-refractivity contribution in [1.82, 2.24) is 0 Å². The summed E-state index contributed by atoms with van der Waals surface area (Å²) in [6.45, 7) is 0. The minimum atomic E-state index is -2.61. The van der Waals surface area contributed by atoms with Gasteiger partial charge in [-0.05, 0) is 12.3 Å². The third-order valence-corrected chi connectivity index (χ3v) is 3.29. The Balaban J connectivity index is 3.24. The molecule has 0 spiro atoms. The highest BCUT2D eigenvalue weighted by atomic mass is 79.9. The lowest BCUT2D eigenvalue weighted by atomic mass is 10.0. The first-order valence-electron chi connectivity index (χ1n) is 4.66. The van der Waals surface area contributed by atoms with Gasteiger partial charge in [0.1, 0.15) is 0 Å². The molecule has 0 amide bonds. The van der Waals surface area contributed by atoms with Gasteiger partial charge in [0.2, 0.25) is 0 Å².